The molecule has 2 N–H and O–H groups in total. The lowest BCUT2D eigenvalue weighted by molar-refractivity contribution is 0.202. The van der Waals surface area contributed by atoms with E-state index in [1.165, 1.54) is 12.0 Å². The second kappa shape index (κ2) is 6.06. The standard InChI is InChI=1S/C10H15ClN2S.ClH/c11-10-8(3-5-14-10)6-13-4-1-2-9(12)7-13;/h3,5,9H,1-2,4,6-7,12H2;1H. The van der Waals surface area contributed by atoms with Gasteiger partial charge < -0.3 is 5.73 Å². The van der Waals surface area contributed by atoms with Crippen LogP contribution in [-0.2, 0) is 6.54 Å². The molecule has 0 saturated carbocycles. The first-order chi connectivity index (χ1) is 6.75. The van der Waals surface area contributed by atoms with Gasteiger partial charge >= 0.3 is 0 Å². The van der Waals surface area contributed by atoms with Crippen LogP contribution in [0, 0.1) is 0 Å². The molecule has 1 saturated heterocycles. The number of piperidine rings is 1. The molecule has 0 amide bonds. The Morgan fingerprint density at radius 3 is 3.00 bits per heavy atom. The molecule has 0 radical (unpaired) electrons. The van der Waals surface area contributed by atoms with Crippen molar-refractivity contribution in [1.82, 2.24) is 4.90 Å². The maximum absolute atomic E-state index is 6.06. The monoisotopic (exact) mass is 266 g/mol. The molecule has 1 unspecified atom stereocenters. The third-order valence-corrected chi connectivity index (χ3v) is 3.88. The van der Waals surface area contributed by atoms with Crippen molar-refractivity contribution in [2.45, 2.75) is 25.4 Å². The van der Waals surface area contributed by atoms with Gasteiger partial charge in [-0.3, -0.25) is 4.90 Å². The van der Waals surface area contributed by atoms with Crippen molar-refractivity contribution in [2.75, 3.05) is 13.1 Å². The third kappa shape index (κ3) is 3.61. The Kier molecular flexibility index (Phi) is 5.36. The average Bonchev–Trinajstić information content (AvgIpc) is 2.52. The second-order valence-corrected chi connectivity index (χ2v) is 5.38. The molecule has 1 aliphatic rings. The SMILES string of the molecule is Cl.NC1CCCN(Cc2ccsc2Cl)C1. The zero-order valence-corrected chi connectivity index (χ0v) is 10.9. The maximum atomic E-state index is 6.06. The lowest BCUT2D eigenvalue weighted by Gasteiger charge is -2.30. The van der Waals surface area contributed by atoms with Gasteiger partial charge in [-0.25, -0.2) is 0 Å². The summed E-state index contributed by atoms with van der Waals surface area (Å²) in [6.45, 7) is 3.11. The Morgan fingerprint density at radius 2 is 2.40 bits per heavy atom. The summed E-state index contributed by atoms with van der Waals surface area (Å²) in [6, 6.07) is 2.45. The Hall–Kier alpha value is 0.200. The summed E-state index contributed by atoms with van der Waals surface area (Å²) >= 11 is 7.66. The largest absolute Gasteiger partial charge is 0.327 e. The molecular formula is C10H16Cl2N2S. The van der Waals surface area contributed by atoms with E-state index in [0.717, 1.165) is 30.4 Å². The van der Waals surface area contributed by atoms with E-state index in [9.17, 15) is 0 Å². The molecule has 15 heavy (non-hydrogen) atoms. The second-order valence-electron chi connectivity index (χ2n) is 3.86. The van der Waals surface area contributed by atoms with Gasteiger partial charge in [0, 0.05) is 19.1 Å². The number of rotatable bonds is 2. The van der Waals surface area contributed by atoms with Gasteiger partial charge in [-0.1, -0.05) is 11.6 Å². The predicted octanol–water partition coefficient (Wildman–Crippen LogP) is 2.75. The van der Waals surface area contributed by atoms with Crippen LogP contribution in [0.4, 0.5) is 0 Å². The van der Waals surface area contributed by atoms with Crippen molar-refractivity contribution in [2.24, 2.45) is 5.73 Å². The van der Waals surface area contributed by atoms with Crippen LogP contribution in [0.1, 0.15) is 18.4 Å². The summed E-state index contributed by atoms with van der Waals surface area (Å²) in [7, 11) is 0. The van der Waals surface area contributed by atoms with Crippen LogP contribution in [0.25, 0.3) is 0 Å². The molecule has 0 spiro atoms. The molecule has 2 heterocycles. The minimum absolute atomic E-state index is 0. The van der Waals surface area contributed by atoms with Crippen LogP contribution < -0.4 is 5.73 Å². The van der Waals surface area contributed by atoms with Crippen molar-refractivity contribution in [1.29, 1.82) is 0 Å². The van der Waals surface area contributed by atoms with Crippen LogP contribution in [0.5, 0.6) is 0 Å². The van der Waals surface area contributed by atoms with Gasteiger partial charge in [-0.2, -0.15) is 0 Å². The van der Waals surface area contributed by atoms with E-state index < -0.39 is 0 Å². The highest BCUT2D eigenvalue weighted by atomic mass is 35.5. The zero-order valence-electron chi connectivity index (χ0n) is 8.49. The van der Waals surface area contributed by atoms with Crippen LogP contribution in [0.15, 0.2) is 11.4 Å². The third-order valence-electron chi connectivity index (χ3n) is 2.63. The summed E-state index contributed by atoms with van der Waals surface area (Å²) in [5.41, 5.74) is 7.16. The number of hydrogen-bond acceptors (Lipinski definition) is 3. The van der Waals surface area contributed by atoms with Gasteiger partial charge in [0.2, 0.25) is 0 Å². The fourth-order valence-electron chi connectivity index (χ4n) is 1.91. The van der Waals surface area contributed by atoms with Crippen molar-refractivity contribution in [3.8, 4) is 0 Å². The Morgan fingerprint density at radius 1 is 1.60 bits per heavy atom. The molecule has 2 rings (SSSR count). The highest BCUT2D eigenvalue weighted by Gasteiger charge is 2.17. The van der Waals surface area contributed by atoms with Gasteiger partial charge in [-0.15, -0.1) is 23.7 Å². The first-order valence-corrected chi connectivity index (χ1v) is 6.21. The molecule has 1 aromatic heterocycles. The average molecular weight is 267 g/mol. The highest BCUT2D eigenvalue weighted by Crippen LogP contribution is 2.24. The zero-order chi connectivity index (χ0) is 9.97. The smallest absolute Gasteiger partial charge is 0.0973 e. The minimum Gasteiger partial charge on any atom is -0.327 e. The van der Waals surface area contributed by atoms with Crippen molar-refractivity contribution >= 4 is 35.3 Å². The molecule has 5 heteroatoms. The maximum Gasteiger partial charge on any atom is 0.0973 e. The van der Waals surface area contributed by atoms with E-state index in [2.05, 4.69) is 11.0 Å². The summed E-state index contributed by atoms with van der Waals surface area (Å²) in [5, 5.41) is 2.04. The van der Waals surface area contributed by atoms with Crippen LogP contribution in [-0.4, -0.2) is 24.0 Å². The van der Waals surface area contributed by atoms with Crippen molar-refractivity contribution < 1.29 is 0 Å². The Labute approximate surface area is 106 Å². The normalized spacial score (nSPS) is 22.4. The minimum atomic E-state index is 0. The van der Waals surface area contributed by atoms with E-state index in [4.69, 9.17) is 17.3 Å². The molecule has 1 fully saturated rings. The first kappa shape index (κ1) is 13.3. The van der Waals surface area contributed by atoms with Crippen LogP contribution >= 0.6 is 35.3 Å². The van der Waals surface area contributed by atoms with E-state index in [1.54, 1.807) is 11.3 Å². The fourth-order valence-corrected chi connectivity index (χ4v) is 2.82. The quantitative estimate of drug-likeness (QED) is 0.892. The topological polar surface area (TPSA) is 29.3 Å². The summed E-state index contributed by atoms with van der Waals surface area (Å²) in [5.74, 6) is 0. The number of likely N-dealkylation sites (tertiary alicyclic amines) is 1. The van der Waals surface area contributed by atoms with Gasteiger partial charge in [-0.05, 0) is 36.4 Å². The first-order valence-electron chi connectivity index (χ1n) is 4.95. The van der Waals surface area contributed by atoms with E-state index in [1.807, 2.05) is 5.38 Å². The Bertz CT molecular complexity index is 303. The summed E-state index contributed by atoms with van der Waals surface area (Å²) < 4.78 is 0.921. The lowest BCUT2D eigenvalue weighted by atomic mass is 10.1. The number of nitrogens with zero attached hydrogens (tertiary/aromatic N) is 1. The summed E-state index contributed by atoms with van der Waals surface area (Å²) in [6.07, 6.45) is 2.37. The van der Waals surface area contributed by atoms with Crippen LogP contribution in [0.2, 0.25) is 4.34 Å². The molecule has 86 valence electrons. The molecule has 0 aliphatic carbocycles. The van der Waals surface area contributed by atoms with E-state index in [-0.39, 0.29) is 12.4 Å². The van der Waals surface area contributed by atoms with Crippen molar-refractivity contribution in [3.05, 3.63) is 21.3 Å². The van der Waals surface area contributed by atoms with Gasteiger partial charge in [0.15, 0.2) is 0 Å². The molecular weight excluding hydrogens is 251 g/mol. The fraction of sp³-hybridized carbons (Fsp3) is 0.600. The number of nitrogens with two attached hydrogens (primary N) is 1. The molecule has 1 atom stereocenters. The van der Waals surface area contributed by atoms with E-state index in [0.29, 0.717) is 6.04 Å². The molecule has 0 bridgehead atoms. The molecule has 1 aliphatic heterocycles. The van der Waals surface area contributed by atoms with E-state index >= 15 is 0 Å². The predicted molar refractivity (Wildman–Crippen MR) is 69.1 cm³/mol. The van der Waals surface area contributed by atoms with Gasteiger partial charge in [0.1, 0.15) is 0 Å². The van der Waals surface area contributed by atoms with Gasteiger partial charge in [0.05, 0.1) is 4.34 Å². The lowest BCUT2D eigenvalue weighted by Crippen LogP contribution is -2.42. The molecule has 2 nitrogen and oxygen atoms in total. The number of thiophene rings is 1. The Balaban J connectivity index is 0.00000112. The number of halogens is 2. The highest BCUT2D eigenvalue weighted by molar-refractivity contribution is 7.14. The van der Waals surface area contributed by atoms with Gasteiger partial charge in [0.25, 0.3) is 0 Å². The summed E-state index contributed by atoms with van der Waals surface area (Å²) in [4.78, 5) is 2.39. The van der Waals surface area contributed by atoms with Crippen molar-refractivity contribution in [3.63, 3.8) is 0 Å². The van der Waals surface area contributed by atoms with Crippen LogP contribution in [0.3, 0.4) is 0 Å². The number of hydrogen-bond donors (Lipinski definition) is 1. The molecule has 1 aromatic rings. The molecule has 0 aromatic carbocycles.